The van der Waals surface area contributed by atoms with Gasteiger partial charge in [0.2, 0.25) is 0 Å². The van der Waals surface area contributed by atoms with Gasteiger partial charge in [0.05, 0.1) is 0 Å². The van der Waals surface area contributed by atoms with Crippen LogP contribution in [-0.4, -0.2) is 0 Å². The van der Waals surface area contributed by atoms with E-state index in [2.05, 4.69) is 24.8 Å². The van der Waals surface area contributed by atoms with Crippen molar-refractivity contribution in [3.05, 3.63) is 60.3 Å². The fraction of sp³-hybridized carbons (Fsp3) is 0.333. The Labute approximate surface area is 95.4 Å². The van der Waals surface area contributed by atoms with Crippen LogP contribution in [-0.2, 0) is 0 Å². The van der Waals surface area contributed by atoms with E-state index >= 15 is 0 Å². The molecule has 0 atom stereocenters. The second-order valence-electron chi connectivity index (χ2n) is 2.60. The lowest BCUT2D eigenvalue weighted by Gasteiger charge is -2.00. The van der Waals surface area contributed by atoms with Crippen LogP contribution >= 0.6 is 0 Å². The molecule has 0 aromatic rings. The molecule has 0 aliphatic heterocycles. The Balaban J connectivity index is 0. The SMILES string of the molecule is C=CC(=C/C)/C(/C=C\C)=C\C=C/C.CC. The maximum absolute atomic E-state index is 3.78. The van der Waals surface area contributed by atoms with Crippen LogP contribution in [0.2, 0.25) is 0 Å². The molecule has 0 aliphatic rings. The monoisotopic (exact) mass is 204 g/mol. The molecule has 0 amide bonds. The van der Waals surface area contributed by atoms with E-state index in [1.807, 2.05) is 58.9 Å². The van der Waals surface area contributed by atoms with Crippen molar-refractivity contribution in [3.63, 3.8) is 0 Å². The lowest BCUT2D eigenvalue weighted by atomic mass is 10.1. The van der Waals surface area contributed by atoms with E-state index in [9.17, 15) is 0 Å². The highest BCUT2D eigenvalue weighted by Crippen LogP contribution is 2.12. The minimum Gasteiger partial charge on any atom is -0.0985 e. The van der Waals surface area contributed by atoms with E-state index in [0.717, 1.165) is 5.57 Å². The average Bonchev–Trinajstić information content (AvgIpc) is 2.30. The molecule has 0 aromatic heterocycles. The minimum absolute atomic E-state index is 1.16. The van der Waals surface area contributed by atoms with Crippen molar-refractivity contribution in [3.8, 4) is 0 Å². The summed E-state index contributed by atoms with van der Waals surface area (Å²) in [4.78, 5) is 0. The lowest BCUT2D eigenvalue weighted by molar-refractivity contribution is 1.49. The number of allylic oxidation sites excluding steroid dienone is 9. The predicted molar refractivity (Wildman–Crippen MR) is 73.0 cm³/mol. The molecule has 0 unspecified atom stereocenters. The maximum atomic E-state index is 3.78. The molecule has 0 heteroatoms. The maximum Gasteiger partial charge on any atom is -0.0191 e. The summed E-state index contributed by atoms with van der Waals surface area (Å²) in [6.07, 6.45) is 14.2. The number of hydrogen-bond acceptors (Lipinski definition) is 0. The van der Waals surface area contributed by atoms with Gasteiger partial charge in [-0.25, -0.2) is 0 Å². The van der Waals surface area contributed by atoms with Crippen molar-refractivity contribution in [1.82, 2.24) is 0 Å². The molecule has 0 rings (SSSR count). The molecule has 0 fully saturated rings. The second-order valence-corrected chi connectivity index (χ2v) is 2.60. The standard InChI is InChI=1S/C13H18.C2H6/c1-5-9-11-13(10-6-2)12(7-3)8-4;1-2/h5-11H,3H2,1-2,4H3;1-2H3/b9-5-,10-6-,12-8-,13-11-;. The molecule has 0 spiro atoms. The first kappa shape index (κ1) is 16.1. The lowest BCUT2D eigenvalue weighted by Crippen LogP contribution is -1.81. The Morgan fingerprint density at radius 2 is 1.53 bits per heavy atom. The highest BCUT2D eigenvalue weighted by atomic mass is 14.0. The zero-order valence-electron chi connectivity index (χ0n) is 10.7. The molecular weight excluding hydrogens is 180 g/mol. The van der Waals surface area contributed by atoms with Crippen LogP contribution in [0.4, 0.5) is 0 Å². The summed E-state index contributed by atoms with van der Waals surface area (Å²) in [5.41, 5.74) is 2.36. The molecule has 0 aromatic carbocycles. The van der Waals surface area contributed by atoms with Crippen LogP contribution in [0.5, 0.6) is 0 Å². The van der Waals surface area contributed by atoms with Gasteiger partial charge in [-0.05, 0) is 31.9 Å². The molecule has 0 saturated heterocycles. The molecule has 0 aliphatic carbocycles. The smallest absolute Gasteiger partial charge is 0.0191 e. The van der Waals surface area contributed by atoms with Gasteiger partial charge in [-0.1, -0.05) is 63.0 Å². The zero-order valence-corrected chi connectivity index (χ0v) is 10.7. The van der Waals surface area contributed by atoms with Gasteiger partial charge in [0.1, 0.15) is 0 Å². The summed E-state index contributed by atoms with van der Waals surface area (Å²) < 4.78 is 0. The van der Waals surface area contributed by atoms with Gasteiger partial charge >= 0.3 is 0 Å². The van der Waals surface area contributed by atoms with Gasteiger partial charge in [0.15, 0.2) is 0 Å². The summed E-state index contributed by atoms with van der Waals surface area (Å²) in [6.45, 7) is 13.8. The highest BCUT2D eigenvalue weighted by Gasteiger charge is 1.93. The van der Waals surface area contributed by atoms with Gasteiger partial charge in [0.25, 0.3) is 0 Å². The molecule has 0 N–H and O–H groups in total. The topological polar surface area (TPSA) is 0 Å². The van der Waals surface area contributed by atoms with Crippen molar-refractivity contribution in [1.29, 1.82) is 0 Å². The first-order valence-electron chi connectivity index (χ1n) is 5.54. The van der Waals surface area contributed by atoms with Crippen molar-refractivity contribution < 1.29 is 0 Å². The van der Waals surface area contributed by atoms with Crippen LogP contribution < -0.4 is 0 Å². The van der Waals surface area contributed by atoms with Crippen molar-refractivity contribution in [2.45, 2.75) is 34.6 Å². The van der Waals surface area contributed by atoms with Crippen LogP contribution in [0.15, 0.2) is 60.3 Å². The van der Waals surface area contributed by atoms with E-state index in [1.165, 1.54) is 5.57 Å². The third-order valence-electron chi connectivity index (χ3n) is 1.68. The van der Waals surface area contributed by atoms with Gasteiger partial charge in [-0.2, -0.15) is 0 Å². The van der Waals surface area contributed by atoms with Crippen molar-refractivity contribution >= 4 is 0 Å². The predicted octanol–water partition coefficient (Wildman–Crippen LogP) is 5.22. The molecule has 0 nitrogen and oxygen atoms in total. The quantitative estimate of drug-likeness (QED) is 0.550. The molecule has 0 radical (unpaired) electrons. The fourth-order valence-electron chi connectivity index (χ4n) is 1.03. The third kappa shape index (κ3) is 7.75. The summed E-state index contributed by atoms with van der Waals surface area (Å²) >= 11 is 0. The number of rotatable bonds is 4. The van der Waals surface area contributed by atoms with Gasteiger partial charge in [0, 0.05) is 0 Å². The Hall–Kier alpha value is -1.30. The van der Waals surface area contributed by atoms with Crippen LogP contribution in [0.25, 0.3) is 0 Å². The summed E-state index contributed by atoms with van der Waals surface area (Å²) in [5, 5.41) is 0. The van der Waals surface area contributed by atoms with Crippen molar-refractivity contribution in [2.75, 3.05) is 0 Å². The third-order valence-corrected chi connectivity index (χ3v) is 1.68. The highest BCUT2D eigenvalue weighted by molar-refractivity contribution is 5.46. The van der Waals surface area contributed by atoms with Crippen LogP contribution in [0, 0.1) is 0 Å². The Morgan fingerprint density at radius 3 is 1.87 bits per heavy atom. The van der Waals surface area contributed by atoms with Crippen LogP contribution in [0.3, 0.4) is 0 Å². The van der Waals surface area contributed by atoms with E-state index < -0.39 is 0 Å². The van der Waals surface area contributed by atoms with Crippen molar-refractivity contribution in [2.24, 2.45) is 0 Å². The normalized spacial score (nSPS) is 12.9. The van der Waals surface area contributed by atoms with E-state index in [-0.39, 0.29) is 0 Å². The van der Waals surface area contributed by atoms with Gasteiger partial charge < -0.3 is 0 Å². The van der Waals surface area contributed by atoms with E-state index in [0.29, 0.717) is 0 Å². The minimum atomic E-state index is 1.16. The first-order chi connectivity index (χ1) is 7.29. The van der Waals surface area contributed by atoms with Gasteiger partial charge in [-0.15, -0.1) is 0 Å². The molecular formula is C15H24. The molecule has 15 heavy (non-hydrogen) atoms. The first-order valence-corrected chi connectivity index (χ1v) is 5.54. The largest absolute Gasteiger partial charge is 0.0985 e. The average molecular weight is 204 g/mol. The molecule has 0 bridgehead atoms. The second kappa shape index (κ2) is 12.7. The van der Waals surface area contributed by atoms with E-state index in [1.54, 1.807) is 0 Å². The fourth-order valence-corrected chi connectivity index (χ4v) is 1.03. The number of hydrogen-bond donors (Lipinski definition) is 0. The van der Waals surface area contributed by atoms with Gasteiger partial charge in [-0.3, -0.25) is 0 Å². The molecule has 0 heterocycles. The zero-order chi connectivity index (χ0) is 12.1. The summed E-state index contributed by atoms with van der Waals surface area (Å²) in [5.74, 6) is 0. The molecule has 0 saturated carbocycles. The summed E-state index contributed by atoms with van der Waals surface area (Å²) in [7, 11) is 0. The Bertz CT molecular complexity index is 260. The Morgan fingerprint density at radius 1 is 0.933 bits per heavy atom. The van der Waals surface area contributed by atoms with E-state index in [4.69, 9.17) is 0 Å². The molecule has 84 valence electrons. The Kier molecular flexibility index (Phi) is 13.7. The summed E-state index contributed by atoms with van der Waals surface area (Å²) in [6, 6.07) is 0. The van der Waals surface area contributed by atoms with Crippen LogP contribution in [0.1, 0.15) is 34.6 Å².